The molecule has 136 valence electrons. The molecule has 0 radical (unpaired) electrons. The second-order valence-electron chi connectivity index (χ2n) is 6.13. The summed E-state index contributed by atoms with van der Waals surface area (Å²) in [7, 11) is 0. The molecule has 1 N–H and O–H groups in total. The van der Waals surface area contributed by atoms with Crippen LogP contribution in [0.5, 0.6) is 0 Å². The minimum Gasteiger partial charge on any atom is -0.345 e. The van der Waals surface area contributed by atoms with Gasteiger partial charge in [0.1, 0.15) is 12.6 Å². The number of thioether (sulfide) groups is 1. The normalized spacial score (nSPS) is 15.9. The van der Waals surface area contributed by atoms with E-state index in [1.807, 2.05) is 37.4 Å². The van der Waals surface area contributed by atoms with Crippen molar-refractivity contribution >= 4 is 35.2 Å². The largest absolute Gasteiger partial charge is 0.345 e. The first kappa shape index (κ1) is 19.3. The molecule has 0 bridgehead atoms. The molecule has 7 heteroatoms. The number of hydrogen-bond donors (Lipinski definition) is 1. The SMILES string of the molecule is CSCC[C@H](NC(C)=O)C(=O)N1CCN(c2ccccc2C)C(=O)C1. The summed E-state index contributed by atoms with van der Waals surface area (Å²) in [5.41, 5.74) is 1.92. The third-order valence-electron chi connectivity index (χ3n) is 4.22. The van der Waals surface area contributed by atoms with E-state index in [2.05, 4.69) is 5.32 Å². The molecule has 6 nitrogen and oxygen atoms in total. The standard InChI is InChI=1S/C18H25N3O3S/c1-13-6-4-5-7-16(13)21-10-9-20(12-17(21)23)18(24)15(8-11-25-3)19-14(2)22/h4-7,15H,8-12H2,1-3H3,(H,19,22)/t15-/m0/s1. The number of nitrogens with one attached hydrogen (secondary N) is 1. The van der Waals surface area contributed by atoms with E-state index < -0.39 is 6.04 Å². The molecule has 1 aliphatic heterocycles. The van der Waals surface area contributed by atoms with Crippen molar-refractivity contribution in [3.8, 4) is 0 Å². The molecule has 25 heavy (non-hydrogen) atoms. The van der Waals surface area contributed by atoms with Crippen LogP contribution >= 0.6 is 11.8 Å². The average Bonchev–Trinajstić information content (AvgIpc) is 2.58. The number of anilines is 1. The Hall–Kier alpha value is -2.02. The predicted molar refractivity (Wildman–Crippen MR) is 101 cm³/mol. The van der Waals surface area contributed by atoms with Crippen LogP contribution in [0.3, 0.4) is 0 Å². The molecule has 0 aromatic heterocycles. The Morgan fingerprint density at radius 3 is 2.60 bits per heavy atom. The highest BCUT2D eigenvalue weighted by atomic mass is 32.2. The molecule has 1 aromatic carbocycles. The van der Waals surface area contributed by atoms with E-state index in [4.69, 9.17) is 0 Å². The number of benzene rings is 1. The summed E-state index contributed by atoms with van der Waals surface area (Å²) in [6.07, 6.45) is 2.52. The average molecular weight is 363 g/mol. The summed E-state index contributed by atoms with van der Waals surface area (Å²) in [5, 5.41) is 2.71. The van der Waals surface area contributed by atoms with Gasteiger partial charge in [-0.1, -0.05) is 18.2 Å². The Kier molecular flexibility index (Phi) is 6.87. The van der Waals surface area contributed by atoms with Crippen molar-refractivity contribution in [2.24, 2.45) is 0 Å². The Morgan fingerprint density at radius 1 is 1.28 bits per heavy atom. The van der Waals surface area contributed by atoms with E-state index >= 15 is 0 Å². The van der Waals surface area contributed by atoms with Crippen LogP contribution in [0.15, 0.2) is 24.3 Å². The highest BCUT2D eigenvalue weighted by molar-refractivity contribution is 7.98. The van der Waals surface area contributed by atoms with Gasteiger partial charge < -0.3 is 15.1 Å². The van der Waals surface area contributed by atoms with Crippen molar-refractivity contribution < 1.29 is 14.4 Å². The Morgan fingerprint density at radius 2 is 2.00 bits per heavy atom. The van der Waals surface area contributed by atoms with E-state index in [0.29, 0.717) is 19.5 Å². The smallest absolute Gasteiger partial charge is 0.246 e. The van der Waals surface area contributed by atoms with Crippen LogP contribution in [-0.4, -0.2) is 60.3 Å². The third kappa shape index (κ3) is 4.98. The van der Waals surface area contributed by atoms with Crippen molar-refractivity contribution in [1.82, 2.24) is 10.2 Å². The van der Waals surface area contributed by atoms with Gasteiger partial charge in [-0.2, -0.15) is 11.8 Å². The van der Waals surface area contributed by atoms with Gasteiger partial charge in [-0.25, -0.2) is 0 Å². The molecule has 1 heterocycles. The Balaban J connectivity index is 2.05. The van der Waals surface area contributed by atoms with Crippen LogP contribution in [0.1, 0.15) is 18.9 Å². The van der Waals surface area contributed by atoms with E-state index in [1.54, 1.807) is 21.6 Å². The lowest BCUT2D eigenvalue weighted by atomic mass is 10.1. The summed E-state index contributed by atoms with van der Waals surface area (Å²) >= 11 is 1.62. The number of para-hydroxylation sites is 1. The van der Waals surface area contributed by atoms with Crippen LogP contribution < -0.4 is 10.2 Å². The van der Waals surface area contributed by atoms with Gasteiger partial charge in [0.2, 0.25) is 17.7 Å². The number of carbonyl (C=O) groups is 3. The van der Waals surface area contributed by atoms with E-state index in [0.717, 1.165) is 17.0 Å². The molecule has 0 aliphatic carbocycles. The zero-order chi connectivity index (χ0) is 18.4. The van der Waals surface area contributed by atoms with Crippen molar-refractivity contribution in [2.75, 3.05) is 36.5 Å². The summed E-state index contributed by atoms with van der Waals surface area (Å²) in [6, 6.07) is 7.16. The fraction of sp³-hybridized carbons (Fsp3) is 0.500. The second kappa shape index (κ2) is 8.89. The molecular formula is C18H25N3O3S. The Bertz CT molecular complexity index is 650. The summed E-state index contributed by atoms with van der Waals surface area (Å²) in [4.78, 5) is 40.0. The van der Waals surface area contributed by atoms with Crippen LogP contribution in [0.4, 0.5) is 5.69 Å². The molecule has 1 aliphatic rings. The van der Waals surface area contributed by atoms with Crippen molar-refractivity contribution in [3.63, 3.8) is 0 Å². The lowest BCUT2D eigenvalue weighted by Crippen LogP contribution is -2.57. The number of rotatable bonds is 6. The highest BCUT2D eigenvalue weighted by Gasteiger charge is 2.32. The number of carbonyl (C=O) groups excluding carboxylic acids is 3. The van der Waals surface area contributed by atoms with Crippen LogP contribution in [0, 0.1) is 6.92 Å². The summed E-state index contributed by atoms with van der Waals surface area (Å²) in [6.45, 7) is 4.34. The molecular weight excluding hydrogens is 338 g/mol. The van der Waals surface area contributed by atoms with Gasteiger partial charge in [0.15, 0.2) is 0 Å². The fourth-order valence-electron chi connectivity index (χ4n) is 2.94. The molecule has 1 fully saturated rings. The van der Waals surface area contributed by atoms with E-state index in [1.165, 1.54) is 6.92 Å². The molecule has 3 amide bonds. The maximum absolute atomic E-state index is 12.7. The number of piperazine rings is 1. The van der Waals surface area contributed by atoms with Crippen LogP contribution in [0.2, 0.25) is 0 Å². The van der Waals surface area contributed by atoms with Gasteiger partial charge in [-0.3, -0.25) is 14.4 Å². The van der Waals surface area contributed by atoms with Gasteiger partial charge in [-0.15, -0.1) is 0 Å². The zero-order valence-corrected chi connectivity index (χ0v) is 15.8. The van der Waals surface area contributed by atoms with Crippen molar-refractivity contribution in [2.45, 2.75) is 26.3 Å². The van der Waals surface area contributed by atoms with E-state index in [9.17, 15) is 14.4 Å². The van der Waals surface area contributed by atoms with Crippen molar-refractivity contribution in [1.29, 1.82) is 0 Å². The number of amides is 3. The Labute approximate surface area is 152 Å². The van der Waals surface area contributed by atoms with Gasteiger partial charge in [0.05, 0.1) is 0 Å². The molecule has 1 aromatic rings. The quantitative estimate of drug-likeness (QED) is 0.830. The maximum atomic E-state index is 12.7. The highest BCUT2D eigenvalue weighted by Crippen LogP contribution is 2.22. The van der Waals surface area contributed by atoms with Gasteiger partial charge in [-0.05, 0) is 37.0 Å². The van der Waals surface area contributed by atoms with Crippen LogP contribution in [-0.2, 0) is 14.4 Å². The molecule has 1 atom stereocenters. The second-order valence-corrected chi connectivity index (χ2v) is 7.11. The molecule has 1 saturated heterocycles. The first-order chi connectivity index (χ1) is 11.9. The third-order valence-corrected chi connectivity index (χ3v) is 4.87. The van der Waals surface area contributed by atoms with Crippen molar-refractivity contribution in [3.05, 3.63) is 29.8 Å². The minimum absolute atomic E-state index is 0.0442. The van der Waals surface area contributed by atoms with Gasteiger partial charge in [0.25, 0.3) is 0 Å². The lowest BCUT2D eigenvalue weighted by molar-refractivity contribution is -0.140. The molecule has 2 rings (SSSR count). The maximum Gasteiger partial charge on any atom is 0.246 e. The molecule has 0 saturated carbocycles. The number of hydrogen-bond acceptors (Lipinski definition) is 4. The molecule has 0 spiro atoms. The summed E-state index contributed by atoms with van der Waals surface area (Å²) in [5.74, 6) is 0.264. The number of nitrogens with zero attached hydrogens (tertiary/aromatic N) is 2. The summed E-state index contributed by atoms with van der Waals surface area (Å²) < 4.78 is 0. The predicted octanol–water partition coefficient (Wildman–Crippen LogP) is 1.43. The van der Waals surface area contributed by atoms with Crippen LogP contribution in [0.25, 0.3) is 0 Å². The van der Waals surface area contributed by atoms with E-state index in [-0.39, 0.29) is 24.3 Å². The fourth-order valence-corrected chi connectivity index (χ4v) is 3.41. The lowest BCUT2D eigenvalue weighted by Gasteiger charge is -2.36. The van der Waals surface area contributed by atoms with Gasteiger partial charge >= 0.3 is 0 Å². The zero-order valence-electron chi connectivity index (χ0n) is 14.9. The van der Waals surface area contributed by atoms with Gasteiger partial charge in [0, 0.05) is 25.7 Å². The topological polar surface area (TPSA) is 69.7 Å². The minimum atomic E-state index is -0.567. The molecule has 0 unspecified atom stereocenters. The first-order valence-corrected chi connectivity index (χ1v) is 9.74. The number of aryl methyl sites for hydroxylation is 1. The monoisotopic (exact) mass is 363 g/mol. The first-order valence-electron chi connectivity index (χ1n) is 8.35.